The number of fused-ring (bicyclic) bond motifs is 1. The van der Waals surface area contributed by atoms with Crippen molar-refractivity contribution in [1.29, 1.82) is 0 Å². The fraction of sp³-hybridized carbons (Fsp3) is 0.750. The highest BCUT2D eigenvalue weighted by Gasteiger charge is 2.20. The first-order valence-electron chi connectivity index (χ1n) is 8.17. The Kier molecular flexibility index (Phi) is 4.91. The van der Waals surface area contributed by atoms with Crippen LogP contribution in [0.25, 0.3) is 0 Å². The molecule has 0 atom stereocenters. The van der Waals surface area contributed by atoms with E-state index in [9.17, 15) is 4.79 Å². The predicted molar refractivity (Wildman–Crippen MR) is 86.6 cm³/mol. The highest BCUT2D eigenvalue weighted by molar-refractivity contribution is 7.15. The molecule has 4 nitrogen and oxygen atoms in total. The van der Waals surface area contributed by atoms with Gasteiger partial charge in [0.25, 0.3) is 0 Å². The Bertz CT molecular complexity index is 494. The van der Waals surface area contributed by atoms with Crippen molar-refractivity contribution in [2.75, 3.05) is 18.9 Å². The van der Waals surface area contributed by atoms with Gasteiger partial charge < -0.3 is 10.2 Å². The van der Waals surface area contributed by atoms with Crippen molar-refractivity contribution in [3.05, 3.63) is 10.6 Å². The lowest BCUT2D eigenvalue weighted by Crippen LogP contribution is -2.25. The number of carbonyl (C=O) groups is 1. The third-order valence-corrected chi connectivity index (χ3v) is 5.67. The molecule has 0 saturated heterocycles. The largest absolute Gasteiger partial charge is 0.302 e. The Morgan fingerprint density at radius 2 is 2.19 bits per heavy atom. The van der Waals surface area contributed by atoms with Crippen LogP contribution in [0.15, 0.2) is 0 Å². The summed E-state index contributed by atoms with van der Waals surface area (Å²) in [6.07, 6.45) is 9.38. The van der Waals surface area contributed by atoms with Gasteiger partial charge in [0, 0.05) is 30.8 Å². The maximum absolute atomic E-state index is 12.1. The summed E-state index contributed by atoms with van der Waals surface area (Å²) in [6.45, 7) is 2.02. The van der Waals surface area contributed by atoms with Gasteiger partial charge in [-0.15, -0.1) is 11.3 Å². The van der Waals surface area contributed by atoms with E-state index in [2.05, 4.69) is 22.2 Å². The zero-order valence-corrected chi connectivity index (χ0v) is 13.7. The van der Waals surface area contributed by atoms with Gasteiger partial charge >= 0.3 is 0 Å². The number of anilines is 1. The Morgan fingerprint density at radius 1 is 1.38 bits per heavy atom. The van der Waals surface area contributed by atoms with Crippen LogP contribution in [0.3, 0.4) is 0 Å². The monoisotopic (exact) mass is 307 g/mol. The van der Waals surface area contributed by atoms with Crippen LogP contribution in [-0.4, -0.2) is 29.4 Å². The molecule has 1 aliphatic carbocycles. The number of hydrogen-bond donors (Lipinski definition) is 1. The molecule has 5 heteroatoms. The molecule has 0 bridgehead atoms. The van der Waals surface area contributed by atoms with Crippen molar-refractivity contribution in [2.24, 2.45) is 5.92 Å². The Hall–Kier alpha value is -0.940. The SMILES string of the molecule is CN1CCc2nc(NC(=O)CCC3CCCCC3)sc2C1. The number of nitrogens with zero attached hydrogens (tertiary/aromatic N) is 2. The van der Waals surface area contributed by atoms with Crippen LogP contribution in [0.2, 0.25) is 0 Å². The normalized spacial score (nSPS) is 20.2. The van der Waals surface area contributed by atoms with Gasteiger partial charge in [0.2, 0.25) is 5.91 Å². The molecule has 0 unspecified atom stereocenters. The number of hydrogen-bond acceptors (Lipinski definition) is 4. The standard InChI is InChI=1S/C16H25N3OS/c1-19-10-9-13-14(11-19)21-16(17-13)18-15(20)8-7-12-5-3-2-4-6-12/h12H,2-11H2,1H3,(H,17,18,20). The van der Waals surface area contributed by atoms with Crippen LogP contribution >= 0.6 is 11.3 Å². The summed E-state index contributed by atoms with van der Waals surface area (Å²) >= 11 is 1.64. The van der Waals surface area contributed by atoms with Crippen LogP contribution in [0.5, 0.6) is 0 Å². The topological polar surface area (TPSA) is 45.2 Å². The molecular weight excluding hydrogens is 282 g/mol. The lowest BCUT2D eigenvalue weighted by atomic mass is 9.86. The van der Waals surface area contributed by atoms with Gasteiger partial charge in [0.05, 0.1) is 5.69 Å². The second-order valence-corrected chi connectivity index (χ2v) is 7.55. The highest BCUT2D eigenvalue weighted by atomic mass is 32.1. The lowest BCUT2D eigenvalue weighted by molar-refractivity contribution is -0.116. The van der Waals surface area contributed by atoms with E-state index in [1.54, 1.807) is 11.3 Å². The number of amides is 1. The molecule has 2 heterocycles. The molecule has 1 aliphatic heterocycles. The molecule has 1 saturated carbocycles. The van der Waals surface area contributed by atoms with Gasteiger partial charge in [-0.1, -0.05) is 32.1 Å². The summed E-state index contributed by atoms with van der Waals surface area (Å²) in [4.78, 5) is 20.3. The molecule has 0 radical (unpaired) electrons. The van der Waals surface area contributed by atoms with Crippen molar-refractivity contribution in [2.45, 2.75) is 57.9 Å². The first kappa shape index (κ1) is 15.0. The molecule has 1 aromatic heterocycles. The molecule has 116 valence electrons. The summed E-state index contributed by atoms with van der Waals surface area (Å²) in [5.74, 6) is 0.905. The fourth-order valence-corrected chi connectivity index (χ4v) is 4.47. The first-order chi connectivity index (χ1) is 10.2. The van der Waals surface area contributed by atoms with E-state index in [1.165, 1.54) is 42.7 Å². The molecule has 0 spiro atoms. The second kappa shape index (κ2) is 6.88. The number of aromatic nitrogens is 1. The minimum atomic E-state index is 0.139. The van der Waals surface area contributed by atoms with Crippen LogP contribution < -0.4 is 5.32 Å². The first-order valence-corrected chi connectivity index (χ1v) is 8.99. The zero-order chi connectivity index (χ0) is 14.7. The zero-order valence-electron chi connectivity index (χ0n) is 12.9. The van der Waals surface area contributed by atoms with Gasteiger partial charge in [-0.05, 0) is 19.4 Å². The minimum absolute atomic E-state index is 0.139. The number of thiazole rings is 1. The number of rotatable bonds is 4. The molecule has 2 aliphatic rings. The van der Waals surface area contributed by atoms with Gasteiger partial charge in [0.15, 0.2) is 5.13 Å². The maximum Gasteiger partial charge on any atom is 0.226 e. The van der Waals surface area contributed by atoms with E-state index in [1.807, 2.05) is 0 Å². The molecular formula is C16H25N3OS. The average molecular weight is 307 g/mol. The summed E-state index contributed by atoms with van der Waals surface area (Å²) in [5, 5.41) is 3.80. The summed E-state index contributed by atoms with van der Waals surface area (Å²) in [7, 11) is 2.13. The molecule has 1 fully saturated rings. The quantitative estimate of drug-likeness (QED) is 0.927. The summed E-state index contributed by atoms with van der Waals surface area (Å²) < 4.78 is 0. The van der Waals surface area contributed by atoms with E-state index in [0.717, 1.165) is 37.0 Å². The minimum Gasteiger partial charge on any atom is -0.302 e. The van der Waals surface area contributed by atoms with E-state index < -0.39 is 0 Å². The van der Waals surface area contributed by atoms with Crippen molar-refractivity contribution in [3.63, 3.8) is 0 Å². The highest BCUT2D eigenvalue weighted by Crippen LogP contribution is 2.29. The van der Waals surface area contributed by atoms with Crippen LogP contribution in [0, 0.1) is 5.92 Å². The number of nitrogens with one attached hydrogen (secondary N) is 1. The predicted octanol–water partition coefficient (Wildman–Crippen LogP) is 3.43. The van der Waals surface area contributed by atoms with Gasteiger partial charge in [0.1, 0.15) is 0 Å². The molecule has 0 aromatic carbocycles. The van der Waals surface area contributed by atoms with Gasteiger partial charge in [-0.3, -0.25) is 4.79 Å². The van der Waals surface area contributed by atoms with Crippen molar-refractivity contribution in [3.8, 4) is 0 Å². The Balaban J connectivity index is 1.48. The van der Waals surface area contributed by atoms with Crippen LogP contribution in [0.1, 0.15) is 55.5 Å². The number of carbonyl (C=O) groups excluding carboxylic acids is 1. The smallest absolute Gasteiger partial charge is 0.226 e. The van der Waals surface area contributed by atoms with E-state index in [-0.39, 0.29) is 5.91 Å². The summed E-state index contributed by atoms with van der Waals surface area (Å²) in [6, 6.07) is 0. The van der Waals surface area contributed by atoms with Crippen LogP contribution in [-0.2, 0) is 17.8 Å². The van der Waals surface area contributed by atoms with Crippen LogP contribution in [0.4, 0.5) is 5.13 Å². The van der Waals surface area contributed by atoms with Gasteiger partial charge in [-0.2, -0.15) is 0 Å². The third-order valence-electron chi connectivity index (χ3n) is 4.67. The third kappa shape index (κ3) is 4.04. The maximum atomic E-state index is 12.1. The Labute approximate surface area is 130 Å². The average Bonchev–Trinajstić information content (AvgIpc) is 2.87. The summed E-state index contributed by atoms with van der Waals surface area (Å²) in [5.41, 5.74) is 1.18. The number of likely N-dealkylation sites (N-methyl/N-ethyl adjacent to an activating group) is 1. The van der Waals surface area contributed by atoms with E-state index in [0.29, 0.717) is 6.42 Å². The van der Waals surface area contributed by atoms with E-state index >= 15 is 0 Å². The molecule has 1 N–H and O–H groups in total. The fourth-order valence-electron chi connectivity index (χ4n) is 3.37. The van der Waals surface area contributed by atoms with Crippen molar-refractivity contribution in [1.82, 2.24) is 9.88 Å². The Morgan fingerprint density at radius 3 is 3.00 bits per heavy atom. The van der Waals surface area contributed by atoms with Crippen molar-refractivity contribution >= 4 is 22.4 Å². The molecule has 1 amide bonds. The second-order valence-electron chi connectivity index (χ2n) is 6.47. The molecule has 1 aromatic rings. The molecule has 3 rings (SSSR count). The molecule has 21 heavy (non-hydrogen) atoms. The van der Waals surface area contributed by atoms with Crippen molar-refractivity contribution < 1.29 is 4.79 Å². The van der Waals surface area contributed by atoms with E-state index in [4.69, 9.17) is 0 Å². The van der Waals surface area contributed by atoms with Gasteiger partial charge in [-0.25, -0.2) is 4.98 Å². The lowest BCUT2D eigenvalue weighted by Gasteiger charge is -2.20.